The van der Waals surface area contributed by atoms with Crippen LogP contribution in [-0.2, 0) is 23.2 Å². The van der Waals surface area contributed by atoms with Crippen molar-refractivity contribution in [2.45, 2.75) is 71.0 Å². The second kappa shape index (κ2) is 13.6. The van der Waals surface area contributed by atoms with Gasteiger partial charge in [-0.3, -0.25) is 10.1 Å². The Bertz CT molecular complexity index is 1110. The highest BCUT2D eigenvalue weighted by Crippen LogP contribution is 2.40. The van der Waals surface area contributed by atoms with Crippen LogP contribution in [0.5, 0.6) is 11.5 Å². The Labute approximate surface area is 247 Å². The minimum absolute atomic E-state index is 0. The molecule has 0 aromatic heterocycles. The van der Waals surface area contributed by atoms with Gasteiger partial charge in [-0.25, -0.2) is 0 Å². The maximum absolute atomic E-state index is 13.6. The van der Waals surface area contributed by atoms with Crippen LogP contribution in [-0.4, -0.2) is 56.2 Å². The van der Waals surface area contributed by atoms with E-state index in [1.807, 2.05) is 19.1 Å². The second-order valence-corrected chi connectivity index (χ2v) is 11.9. The van der Waals surface area contributed by atoms with Gasteiger partial charge in [0.1, 0.15) is 11.5 Å². The van der Waals surface area contributed by atoms with E-state index >= 15 is 0 Å². The van der Waals surface area contributed by atoms with Gasteiger partial charge in [0.25, 0.3) is 0 Å². The minimum Gasteiger partial charge on any atom is -0.497 e. The molecule has 0 aliphatic carbocycles. The van der Waals surface area contributed by atoms with Gasteiger partial charge in [0, 0.05) is 25.7 Å². The summed E-state index contributed by atoms with van der Waals surface area (Å²) in [5.41, 5.74) is 3.24. The third-order valence-corrected chi connectivity index (χ3v) is 9.00. The summed E-state index contributed by atoms with van der Waals surface area (Å²) >= 11 is 0. The van der Waals surface area contributed by atoms with E-state index in [0.717, 1.165) is 37.6 Å². The molecular weight excluding hydrogens is 533 g/mol. The molecule has 2 aliphatic heterocycles. The smallest absolute Gasteiger partial charge is 0.240 e. The van der Waals surface area contributed by atoms with Gasteiger partial charge in [-0.15, -0.1) is 24.8 Å². The van der Waals surface area contributed by atoms with Gasteiger partial charge in [0.15, 0.2) is 0 Å². The summed E-state index contributed by atoms with van der Waals surface area (Å²) < 4.78 is 10.9. The minimum atomic E-state index is -0.630. The molecule has 1 amide bonds. The largest absolute Gasteiger partial charge is 0.497 e. The van der Waals surface area contributed by atoms with E-state index < -0.39 is 5.54 Å². The van der Waals surface area contributed by atoms with Crippen LogP contribution in [0.2, 0.25) is 0 Å². The molecule has 1 fully saturated rings. The lowest BCUT2D eigenvalue weighted by atomic mass is 9.68. The first-order chi connectivity index (χ1) is 17.6. The molecule has 4 atom stereocenters. The highest BCUT2D eigenvalue weighted by molar-refractivity contribution is 5.87. The van der Waals surface area contributed by atoms with Gasteiger partial charge in [0.2, 0.25) is 5.91 Å². The number of nitrogens with one attached hydrogen (secondary N) is 2. The zero-order chi connectivity index (χ0) is 26.8. The molecule has 2 N–H and O–H groups in total. The molecule has 6 nitrogen and oxygen atoms in total. The maximum atomic E-state index is 13.6. The molecule has 0 unspecified atom stereocenters. The number of carbonyl (C=O) groups excluding carboxylic acids is 1. The number of piperidine rings is 1. The van der Waals surface area contributed by atoms with Crippen LogP contribution in [0.15, 0.2) is 42.5 Å². The van der Waals surface area contributed by atoms with Gasteiger partial charge in [-0.05, 0) is 84.5 Å². The van der Waals surface area contributed by atoms with Crippen molar-refractivity contribution in [1.29, 1.82) is 0 Å². The molecular formula is C31H47Cl2N3O3. The number of nitrogens with zero attached hydrogens (tertiary/aromatic N) is 1. The van der Waals surface area contributed by atoms with Gasteiger partial charge >= 0.3 is 0 Å². The van der Waals surface area contributed by atoms with Gasteiger partial charge < -0.3 is 19.7 Å². The first-order valence-electron chi connectivity index (χ1n) is 13.7. The van der Waals surface area contributed by atoms with Crippen molar-refractivity contribution in [2.24, 2.45) is 11.8 Å². The average Bonchev–Trinajstić information content (AvgIpc) is 2.90. The average molecular weight is 581 g/mol. The number of benzene rings is 2. The summed E-state index contributed by atoms with van der Waals surface area (Å²) in [4.78, 5) is 16.1. The number of fused-ring (bicyclic) bond motifs is 1. The molecule has 2 aromatic rings. The molecule has 0 spiro atoms. The molecule has 2 aromatic carbocycles. The highest BCUT2D eigenvalue weighted by Gasteiger charge is 2.41. The van der Waals surface area contributed by atoms with Crippen LogP contribution in [0.1, 0.15) is 57.7 Å². The first kappa shape index (κ1) is 33.2. The number of carbonyl (C=O) groups is 1. The van der Waals surface area contributed by atoms with E-state index in [9.17, 15) is 4.79 Å². The van der Waals surface area contributed by atoms with E-state index in [2.05, 4.69) is 73.6 Å². The fourth-order valence-electron chi connectivity index (χ4n) is 5.88. The number of ether oxygens (including phenoxy) is 2. The number of hydrogen-bond donors (Lipinski definition) is 2. The van der Waals surface area contributed by atoms with Crippen molar-refractivity contribution in [2.75, 3.05) is 33.9 Å². The third-order valence-electron chi connectivity index (χ3n) is 9.00. The summed E-state index contributed by atoms with van der Waals surface area (Å²) in [5, 5.41) is 6.93. The van der Waals surface area contributed by atoms with Crippen LogP contribution >= 0.6 is 24.8 Å². The number of amides is 1. The lowest BCUT2D eigenvalue weighted by Gasteiger charge is -2.46. The Morgan fingerprint density at radius 1 is 1.08 bits per heavy atom. The van der Waals surface area contributed by atoms with Crippen molar-refractivity contribution in [3.8, 4) is 11.5 Å². The van der Waals surface area contributed by atoms with Gasteiger partial charge in [-0.2, -0.15) is 0 Å². The third kappa shape index (κ3) is 7.21. The van der Waals surface area contributed by atoms with E-state index in [0.29, 0.717) is 24.8 Å². The molecule has 0 radical (unpaired) electrons. The van der Waals surface area contributed by atoms with E-state index in [4.69, 9.17) is 9.47 Å². The quantitative estimate of drug-likeness (QED) is 0.439. The van der Waals surface area contributed by atoms with Crippen molar-refractivity contribution in [3.05, 3.63) is 59.2 Å². The molecule has 0 bridgehead atoms. The highest BCUT2D eigenvalue weighted by atomic mass is 35.5. The van der Waals surface area contributed by atoms with E-state index in [-0.39, 0.29) is 42.2 Å². The van der Waals surface area contributed by atoms with Gasteiger partial charge in [0.05, 0.1) is 19.8 Å². The fraction of sp³-hybridized carbons (Fsp3) is 0.581. The summed E-state index contributed by atoms with van der Waals surface area (Å²) in [6.45, 7) is 14.7. The fourth-order valence-corrected chi connectivity index (χ4v) is 5.88. The maximum Gasteiger partial charge on any atom is 0.240 e. The first-order valence-corrected chi connectivity index (χ1v) is 13.7. The SMILES string of the molecule is COc1cccc([C@]2(C)CCN(C[C@@H](NC(=O)[C@@]3(C)Cc4ccc(OC)cc4CN3)C(C)C)C[C@@H]2C)c1.Cl.Cl. The standard InChI is InChI=1S/C31H45N3O3.2ClH/c1-21(2)28(33-29(35)31(5)17-23-11-12-27(37-7)15-24(23)18-32-31)20-34-14-13-30(4,22(3)19-34)25-9-8-10-26(16-25)36-6;;/h8-12,15-16,21-22,28,32H,13-14,17-20H2,1-7H3,(H,33,35);2*1H/t22-,28+,30+,31+;;/m0../s1. The molecule has 4 rings (SSSR count). The van der Waals surface area contributed by atoms with E-state index in [1.54, 1.807) is 14.2 Å². The molecule has 39 heavy (non-hydrogen) atoms. The normalized spacial score (nSPS) is 25.5. The number of hydrogen-bond acceptors (Lipinski definition) is 5. The zero-order valence-corrected chi connectivity index (χ0v) is 26.1. The summed E-state index contributed by atoms with van der Waals surface area (Å²) in [7, 11) is 3.41. The number of methoxy groups -OCH3 is 2. The van der Waals surface area contributed by atoms with Crippen LogP contribution in [0.4, 0.5) is 0 Å². The van der Waals surface area contributed by atoms with E-state index in [1.165, 1.54) is 16.7 Å². The lowest BCUT2D eigenvalue weighted by Crippen LogP contribution is -2.61. The molecule has 1 saturated heterocycles. The molecule has 2 heterocycles. The second-order valence-electron chi connectivity index (χ2n) is 11.9. The summed E-state index contributed by atoms with van der Waals surface area (Å²) in [6, 6.07) is 14.8. The topological polar surface area (TPSA) is 62.8 Å². The van der Waals surface area contributed by atoms with Crippen molar-refractivity contribution in [1.82, 2.24) is 15.5 Å². The molecule has 8 heteroatoms. The van der Waals surface area contributed by atoms with Crippen molar-refractivity contribution >= 4 is 30.7 Å². The Hall–Kier alpha value is -1.99. The molecule has 0 saturated carbocycles. The van der Waals surface area contributed by atoms with Crippen LogP contribution < -0.4 is 20.1 Å². The Balaban J connectivity index is 0.00000267. The van der Waals surface area contributed by atoms with Crippen molar-refractivity contribution < 1.29 is 14.3 Å². The van der Waals surface area contributed by atoms with Crippen molar-refractivity contribution in [3.63, 3.8) is 0 Å². The molecule has 2 aliphatic rings. The Kier molecular flexibility index (Phi) is 11.6. The number of halogens is 2. The Morgan fingerprint density at radius 2 is 1.77 bits per heavy atom. The molecule has 218 valence electrons. The van der Waals surface area contributed by atoms with Crippen LogP contribution in [0.3, 0.4) is 0 Å². The lowest BCUT2D eigenvalue weighted by molar-refractivity contribution is -0.128. The van der Waals surface area contributed by atoms with Gasteiger partial charge in [-0.1, -0.05) is 45.9 Å². The van der Waals surface area contributed by atoms with Crippen LogP contribution in [0.25, 0.3) is 0 Å². The monoisotopic (exact) mass is 579 g/mol. The number of rotatable bonds is 8. The van der Waals surface area contributed by atoms with Crippen LogP contribution in [0, 0.1) is 11.8 Å². The Morgan fingerprint density at radius 3 is 2.41 bits per heavy atom. The number of likely N-dealkylation sites (tertiary alicyclic amines) is 1. The predicted molar refractivity (Wildman–Crippen MR) is 164 cm³/mol. The summed E-state index contributed by atoms with van der Waals surface area (Å²) in [6.07, 6.45) is 1.75. The summed E-state index contributed by atoms with van der Waals surface area (Å²) in [5.74, 6) is 2.69. The predicted octanol–water partition coefficient (Wildman–Crippen LogP) is 5.39. The zero-order valence-electron chi connectivity index (χ0n) is 24.5.